The van der Waals surface area contributed by atoms with E-state index in [0.29, 0.717) is 17.3 Å². The average Bonchev–Trinajstić information content (AvgIpc) is 2.98. The minimum absolute atomic E-state index is 0.161. The molecule has 0 saturated carbocycles. The zero-order chi connectivity index (χ0) is 16.2. The number of H-pyrrole nitrogens is 1. The van der Waals surface area contributed by atoms with Gasteiger partial charge >= 0.3 is 0 Å². The van der Waals surface area contributed by atoms with E-state index in [0.717, 1.165) is 16.6 Å². The van der Waals surface area contributed by atoms with Crippen molar-refractivity contribution in [2.24, 2.45) is 0 Å². The highest BCUT2D eigenvalue weighted by Gasteiger charge is 2.23. The van der Waals surface area contributed by atoms with Crippen LogP contribution in [0.1, 0.15) is 23.7 Å². The number of para-hydroxylation sites is 2. The van der Waals surface area contributed by atoms with Crippen LogP contribution in [0.3, 0.4) is 0 Å². The predicted octanol–water partition coefficient (Wildman–Crippen LogP) is 4.03. The number of aromatic nitrogens is 2. The number of ketones is 1. The van der Waals surface area contributed by atoms with Crippen molar-refractivity contribution < 1.29 is 4.79 Å². The van der Waals surface area contributed by atoms with Crippen LogP contribution in [0.5, 0.6) is 0 Å². The number of aryl methyl sites for hydroxylation is 1. The van der Waals surface area contributed by atoms with E-state index in [9.17, 15) is 10.1 Å². The number of hydrogen-bond acceptors (Lipinski definition) is 3. The summed E-state index contributed by atoms with van der Waals surface area (Å²) in [6.45, 7) is 0. The average molecular weight is 324 g/mol. The van der Waals surface area contributed by atoms with Crippen LogP contribution in [0, 0.1) is 11.3 Å². The molecule has 0 saturated heterocycles. The fourth-order valence-electron chi connectivity index (χ4n) is 2.50. The van der Waals surface area contributed by atoms with Gasteiger partial charge < -0.3 is 4.98 Å². The Morgan fingerprint density at radius 2 is 1.96 bits per heavy atom. The lowest BCUT2D eigenvalue weighted by atomic mass is 9.98. The molecule has 1 unspecified atom stereocenters. The summed E-state index contributed by atoms with van der Waals surface area (Å²) in [5, 5.41) is 10.0. The van der Waals surface area contributed by atoms with Crippen molar-refractivity contribution in [1.82, 2.24) is 9.97 Å². The second-order valence-corrected chi connectivity index (χ2v) is 5.67. The van der Waals surface area contributed by atoms with Crippen molar-refractivity contribution in [3.05, 3.63) is 64.9 Å². The molecule has 0 amide bonds. The summed E-state index contributed by atoms with van der Waals surface area (Å²) >= 11 is 6.10. The third-order valence-corrected chi connectivity index (χ3v) is 4.10. The summed E-state index contributed by atoms with van der Waals surface area (Å²) in [5.41, 5.74) is 2.48. The summed E-state index contributed by atoms with van der Waals surface area (Å²) in [7, 11) is 0. The molecule has 0 bridgehead atoms. The number of nitrogens with one attached hydrogen (secondary N) is 1. The first-order valence-electron chi connectivity index (χ1n) is 7.29. The molecular formula is C18H14ClN3O. The van der Waals surface area contributed by atoms with E-state index in [1.54, 1.807) is 6.07 Å². The van der Waals surface area contributed by atoms with Gasteiger partial charge in [-0.05, 0) is 30.2 Å². The van der Waals surface area contributed by atoms with Gasteiger partial charge in [0.2, 0.25) is 0 Å². The summed E-state index contributed by atoms with van der Waals surface area (Å²) in [6.07, 6.45) is 0.760. The summed E-state index contributed by atoms with van der Waals surface area (Å²) in [6, 6.07) is 16.9. The minimum Gasteiger partial charge on any atom is -0.340 e. The van der Waals surface area contributed by atoms with Crippen LogP contribution in [0.25, 0.3) is 11.0 Å². The van der Waals surface area contributed by atoms with E-state index in [-0.39, 0.29) is 12.2 Å². The van der Waals surface area contributed by atoms with E-state index in [4.69, 9.17) is 11.6 Å². The molecule has 114 valence electrons. The lowest BCUT2D eigenvalue weighted by Crippen LogP contribution is -2.13. The highest BCUT2D eigenvalue weighted by atomic mass is 35.5. The molecule has 0 aliphatic carbocycles. The number of nitrogens with zero attached hydrogens (tertiary/aromatic N) is 2. The Morgan fingerprint density at radius 3 is 2.70 bits per heavy atom. The molecule has 1 atom stereocenters. The number of rotatable bonds is 5. The summed E-state index contributed by atoms with van der Waals surface area (Å²) < 4.78 is 0. The molecule has 0 fully saturated rings. The maximum absolute atomic E-state index is 12.4. The first-order chi connectivity index (χ1) is 11.2. The van der Waals surface area contributed by atoms with Crippen molar-refractivity contribution in [2.75, 3.05) is 0 Å². The number of imidazole rings is 1. The molecule has 1 N–H and O–H groups in total. The standard InChI is InChI=1S/C18H14ClN3O/c19-14-6-2-1-5-12(14)9-10-17(23)13(11-20)18-21-15-7-3-4-8-16(15)22-18/h1-8,13H,9-10H2,(H,21,22). The zero-order valence-corrected chi connectivity index (χ0v) is 13.0. The van der Waals surface area contributed by atoms with Gasteiger partial charge in [-0.25, -0.2) is 4.98 Å². The smallest absolute Gasteiger partial charge is 0.162 e. The number of hydrogen-bond donors (Lipinski definition) is 1. The SMILES string of the molecule is N#CC(C(=O)CCc1ccccc1Cl)c1nc2ccccc2[nH]1. The van der Waals surface area contributed by atoms with Crippen LogP contribution >= 0.6 is 11.6 Å². The molecule has 0 aliphatic heterocycles. The van der Waals surface area contributed by atoms with Crippen LogP contribution in [-0.4, -0.2) is 15.8 Å². The highest BCUT2D eigenvalue weighted by Crippen LogP contribution is 2.22. The topological polar surface area (TPSA) is 69.5 Å². The molecule has 5 heteroatoms. The van der Waals surface area contributed by atoms with Crippen LogP contribution in [0.15, 0.2) is 48.5 Å². The Balaban J connectivity index is 1.76. The number of carbonyl (C=O) groups is 1. The molecule has 3 rings (SSSR count). The van der Waals surface area contributed by atoms with Crippen LogP contribution in [0.2, 0.25) is 5.02 Å². The van der Waals surface area contributed by atoms with Crippen LogP contribution in [-0.2, 0) is 11.2 Å². The Morgan fingerprint density at radius 1 is 1.22 bits per heavy atom. The summed E-state index contributed by atoms with van der Waals surface area (Å²) in [5.74, 6) is -0.644. The number of fused-ring (bicyclic) bond motifs is 1. The number of halogens is 1. The van der Waals surface area contributed by atoms with Crippen LogP contribution in [0.4, 0.5) is 0 Å². The van der Waals surface area contributed by atoms with Gasteiger partial charge in [-0.1, -0.05) is 41.9 Å². The molecule has 23 heavy (non-hydrogen) atoms. The number of benzene rings is 2. The maximum Gasteiger partial charge on any atom is 0.162 e. The van der Waals surface area contributed by atoms with Gasteiger partial charge in [-0.2, -0.15) is 5.26 Å². The third-order valence-electron chi connectivity index (χ3n) is 3.73. The quantitative estimate of drug-likeness (QED) is 0.770. The molecule has 3 aromatic rings. The van der Waals surface area contributed by atoms with Gasteiger partial charge in [0.05, 0.1) is 17.1 Å². The van der Waals surface area contributed by atoms with E-state index < -0.39 is 5.92 Å². The molecule has 4 nitrogen and oxygen atoms in total. The van der Waals surface area contributed by atoms with Gasteiger partial charge in [0.1, 0.15) is 5.82 Å². The van der Waals surface area contributed by atoms with Gasteiger partial charge in [0, 0.05) is 11.4 Å². The van der Waals surface area contributed by atoms with Crippen molar-refractivity contribution in [1.29, 1.82) is 5.26 Å². The third kappa shape index (κ3) is 3.25. The Kier molecular flexibility index (Phi) is 4.40. The number of aromatic amines is 1. The van der Waals surface area contributed by atoms with Crippen molar-refractivity contribution >= 4 is 28.4 Å². The minimum atomic E-state index is -0.884. The second kappa shape index (κ2) is 6.64. The number of nitriles is 1. The largest absolute Gasteiger partial charge is 0.340 e. The van der Waals surface area contributed by atoms with E-state index in [1.165, 1.54) is 0 Å². The Hall–Kier alpha value is -2.64. The van der Waals surface area contributed by atoms with Crippen molar-refractivity contribution in [3.8, 4) is 6.07 Å². The Labute approximate surface area is 138 Å². The fraction of sp³-hybridized carbons (Fsp3) is 0.167. The molecule has 0 spiro atoms. The van der Waals surface area contributed by atoms with E-state index >= 15 is 0 Å². The molecule has 0 radical (unpaired) electrons. The lowest BCUT2D eigenvalue weighted by molar-refractivity contribution is -0.119. The van der Waals surface area contributed by atoms with Gasteiger partial charge in [-0.15, -0.1) is 0 Å². The Bertz CT molecular complexity index is 861. The zero-order valence-electron chi connectivity index (χ0n) is 12.3. The molecular weight excluding hydrogens is 310 g/mol. The molecule has 0 aliphatic rings. The number of Topliss-reactive ketones (excluding diaryl/α,β-unsaturated/α-hetero) is 1. The van der Waals surface area contributed by atoms with Crippen molar-refractivity contribution in [3.63, 3.8) is 0 Å². The summed E-state index contributed by atoms with van der Waals surface area (Å²) in [4.78, 5) is 19.8. The van der Waals surface area contributed by atoms with Crippen molar-refractivity contribution in [2.45, 2.75) is 18.8 Å². The first kappa shape index (κ1) is 15.3. The van der Waals surface area contributed by atoms with E-state index in [2.05, 4.69) is 16.0 Å². The van der Waals surface area contributed by atoms with Gasteiger partial charge in [-0.3, -0.25) is 4.79 Å². The monoisotopic (exact) mass is 323 g/mol. The lowest BCUT2D eigenvalue weighted by Gasteiger charge is -2.06. The van der Waals surface area contributed by atoms with E-state index in [1.807, 2.05) is 42.5 Å². The molecule has 1 aromatic heterocycles. The highest BCUT2D eigenvalue weighted by molar-refractivity contribution is 6.31. The first-order valence-corrected chi connectivity index (χ1v) is 7.67. The van der Waals surface area contributed by atoms with Crippen LogP contribution < -0.4 is 0 Å². The predicted molar refractivity (Wildman–Crippen MR) is 89.2 cm³/mol. The fourth-order valence-corrected chi connectivity index (χ4v) is 2.73. The maximum atomic E-state index is 12.4. The normalized spacial score (nSPS) is 12.0. The number of carbonyl (C=O) groups excluding carboxylic acids is 1. The second-order valence-electron chi connectivity index (χ2n) is 5.26. The molecule has 1 heterocycles. The van der Waals surface area contributed by atoms with Gasteiger partial charge in [0.25, 0.3) is 0 Å². The molecule has 2 aromatic carbocycles. The van der Waals surface area contributed by atoms with Gasteiger partial charge in [0.15, 0.2) is 11.7 Å².